The van der Waals surface area contributed by atoms with Gasteiger partial charge in [-0.05, 0) is 72.8 Å². The number of amides is 1. The zero-order valence-corrected chi connectivity index (χ0v) is 12.5. The van der Waals surface area contributed by atoms with Crippen molar-refractivity contribution < 1.29 is 9.21 Å². The summed E-state index contributed by atoms with van der Waals surface area (Å²) in [5.74, 6) is 1.13. The molecule has 2 aliphatic rings. The summed E-state index contributed by atoms with van der Waals surface area (Å²) >= 11 is 3.26. The highest BCUT2D eigenvalue weighted by atomic mass is 79.9. The number of nitrogens with zero attached hydrogens (tertiary/aromatic N) is 1. The topological polar surface area (TPSA) is 45.5 Å². The Kier molecular flexibility index (Phi) is 3.93. The van der Waals surface area contributed by atoms with E-state index < -0.39 is 0 Å². The van der Waals surface area contributed by atoms with Crippen molar-refractivity contribution in [1.29, 1.82) is 0 Å². The predicted molar refractivity (Wildman–Crippen MR) is 76.1 cm³/mol. The van der Waals surface area contributed by atoms with E-state index in [0.29, 0.717) is 22.4 Å². The summed E-state index contributed by atoms with van der Waals surface area (Å²) in [7, 11) is 0. The molecule has 0 spiro atoms. The molecule has 104 valence electrons. The zero-order chi connectivity index (χ0) is 13.2. The Balaban J connectivity index is 1.68. The van der Waals surface area contributed by atoms with Crippen molar-refractivity contribution in [2.75, 3.05) is 19.6 Å². The van der Waals surface area contributed by atoms with Crippen LogP contribution >= 0.6 is 15.9 Å². The molecule has 4 nitrogen and oxygen atoms in total. The molecule has 5 heteroatoms. The highest BCUT2D eigenvalue weighted by molar-refractivity contribution is 9.10. The van der Waals surface area contributed by atoms with E-state index in [9.17, 15) is 4.79 Å². The van der Waals surface area contributed by atoms with E-state index in [1.54, 1.807) is 12.1 Å². The van der Waals surface area contributed by atoms with Crippen LogP contribution in [0.2, 0.25) is 0 Å². The van der Waals surface area contributed by atoms with Crippen LogP contribution in [-0.4, -0.2) is 36.5 Å². The first kappa shape index (κ1) is 13.2. The second kappa shape index (κ2) is 5.67. The molecular formula is C14H19BrN2O2. The average molecular weight is 327 g/mol. The summed E-state index contributed by atoms with van der Waals surface area (Å²) in [6.45, 7) is 3.02. The number of carbonyl (C=O) groups excluding carboxylic acids is 1. The van der Waals surface area contributed by atoms with Gasteiger partial charge in [-0.15, -0.1) is 0 Å². The van der Waals surface area contributed by atoms with Gasteiger partial charge in [0.05, 0.1) is 0 Å². The molecule has 1 aromatic rings. The number of nitrogens with one attached hydrogen (secondary N) is 1. The van der Waals surface area contributed by atoms with Crippen molar-refractivity contribution in [3.05, 3.63) is 22.6 Å². The molecule has 1 saturated carbocycles. The van der Waals surface area contributed by atoms with Crippen molar-refractivity contribution >= 4 is 21.8 Å². The Bertz CT molecular complexity index is 450. The first-order chi connectivity index (χ1) is 9.24. The third-order valence-corrected chi connectivity index (χ3v) is 4.37. The van der Waals surface area contributed by atoms with Crippen molar-refractivity contribution in [3.63, 3.8) is 0 Å². The molecular weight excluding hydrogens is 308 g/mol. The summed E-state index contributed by atoms with van der Waals surface area (Å²) < 4.78 is 6.03. The van der Waals surface area contributed by atoms with Gasteiger partial charge in [0.1, 0.15) is 0 Å². The second-order valence-corrected chi connectivity index (χ2v) is 6.27. The Morgan fingerprint density at radius 2 is 2.05 bits per heavy atom. The van der Waals surface area contributed by atoms with Crippen LogP contribution in [0.5, 0.6) is 0 Å². The minimum atomic E-state index is 0.0479. The molecule has 1 aliphatic heterocycles. The minimum absolute atomic E-state index is 0.0479. The van der Waals surface area contributed by atoms with Crippen LogP contribution < -0.4 is 5.32 Å². The maximum Gasteiger partial charge on any atom is 0.289 e. The number of hydrogen-bond donors (Lipinski definition) is 1. The van der Waals surface area contributed by atoms with Crippen LogP contribution in [0.1, 0.15) is 36.2 Å². The van der Waals surface area contributed by atoms with Crippen molar-refractivity contribution in [3.8, 4) is 0 Å². The molecule has 19 heavy (non-hydrogen) atoms. The van der Waals surface area contributed by atoms with E-state index in [0.717, 1.165) is 32.5 Å². The quantitative estimate of drug-likeness (QED) is 0.925. The van der Waals surface area contributed by atoms with Gasteiger partial charge in [0.15, 0.2) is 10.4 Å². The molecule has 0 radical (unpaired) electrons. The van der Waals surface area contributed by atoms with Gasteiger partial charge in [-0.3, -0.25) is 4.79 Å². The van der Waals surface area contributed by atoms with Gasteiger partial charge in [-0.1, -0.05) is 0 Å². The van der Waals surface area contributed by atoms with Crippen LogP contribution in [0.3, 0.4) is 0 Å². The van der Waals surface area contributed by atoms with E-state index in [1.165, 1.54) is 12.8 Å². The molecule has 3 rings (SSSR count). The Hall–Kier alpha value is -0.810. The minimum Gasteiger partial charge on any atom is -0.444 e. The molecule has 1 aromatic heterocycles. The molecule has 1 amide bonds. The molecule has 1 aliphatic carbocycles. The average Bonchev–Trinajstić information content (AvgIpc) is 3.18. The van der Waals surface area contributed by atoms with Crippen LogP contribution in [0.15, 0.2) is 21.2 Å². The summed E-state index contributed by atoms with van der Waals surface area (Å²) in [6.07, 6.45) is 4.61. The fraction of sp³-hybridized carbons (Fsp3) is 0.643. The molecule has 0 bridgehead atoms. The summed E-state index contributed by atoms with van der Waals surface area (Å²) in [5.41, 5.74) is 0. The maximum absolute atomic E-state index is 12.5. The number of hydrogen-bond acceptors (Lipinski definition) is 3. The fourth-order valence-electron chi connectivity index (χ4n) is 2.70. The number of halogens is 1. The summed E-state index contributed by atoms with van der Waals surface area (Å²) in [5, 5.41) is 3.37. The maximum atomic E-state index is 12.5. The smallest absolute Gasteiger partial charge is 0.289 e. The SMILES string of the molecule is O=C(c1ccc(Br)o1)N(CC1CCNCC1)C1CC1. The van der Waals surface area contributed by atoms with Crippen LogP contribution in [-0.2, 0) is 0 Å². The lowest BCUT2D eigenvalue weighted by Gasteiger charge is -2.29. The van der Waals surface area contributed by atoms with Gasteiger partial charge in [0.25, 0.3) is 5.91 Å². The van der Waals surface area contributed by atoms with Gasteiger partial charge in [-0.2, -0.15) is 0 Å². The van der Waals surface area contributed by atoms with Gasteiger partial charge in [0, 0.05) is 12.6 Å². The van der Waals surface area contributed by atoms with Crippen LogP contribution in [0, 0.1) is 5.92 Å². The third kappa shape index (κ3) is 3.20. The van der Waals surface area contributed by atoms with Crippen molar-refractivity contribution in [2.45, 2.75) is 31.7 Å². The number of rotatable bonds is 4. The highest BCUT2D eigenvalue weighted by Gasteiger charge is 2.35. The highest BCUT2D eigenvalue weighted by Crippen LogP contribution is 2.31. The Labute approximate surface area is 121 Å². The molecule has 2 fully saturated rings. The monoisotopic (exact) mass is 326 g/mol. The van der Waals surface area contributed by atoms with E-state index in [-0.39, 0.29) is 5.91 Å². The second-order valence-electron chi connectivity index (χ2n) is 5.49. The van der Waals surface area contributed by atoms with Gasteiger partial charge in [-0.25, -0.2) is 0 Å². The van der Waals surface area contributed by atoms with Gasteiger partial charge < -0.3 is 14.6 Å². The lowest BCUT2D eigenvalue weighted by molar-refractivity contribution is 0.0668. The molecule has 0 atom stereocenters. The van der Waals surface area contributed by atoms with Crippen molar-refractivity contribution in [1.82, 2.24) is 10.2 Å². The molecule has 0 unspecified atom stereocenters. The molecule has 1 saturated heterocycles. The Morgan fingerprint density at radius 3 is 2.63 bits per heavy atom. The van der Waals surface area contributed by atoms with E-state index in [2.05, 4.69) is 21.2 Å². The summed E-state index contributed by atoms with van der Waals surface area (Å²) in [6, 6.07) is 3.97. The van der Waals surface area contributed by atoms with E-state index in [4.69, 9.17) is 4.42 Å². The molecule has 0 aromatic carbocycles. The first-order valence-corrected chi connectivity index (χ1v) is 7.80. The number of piperidine rings is 1. The van der Waals surface area contributed by atoms with E-state index in [1.807, 2.05) is 4.90 Å². The van der Waals surface area contributed by atoms with Gasteiger partial charge in [0.2, 0.25) is 0 Å². The third-order valence-electron chi connectivity index (χ3n) is 3.95. The number of carbonyl (C=O) groups is 1. The number of furan rings is 1. The lowest BCUT2D eigenvalue weighted by atomic mass is 9.97. The normalized spacial score (nSPS) is 20.5. The first-order valence-electron chi connectivity index (χ1n) is 7.01. The standard InChI is InChI=1S/C14H19BrN2O2/c15-13-4-3-12(19-13)14(18)17(11-1-2-11)9-10-5-7-16-8-6-10/h3-4,10-11,16H,1-2,5-9H2. The Morgan fingerprint density at radius 1 is 1.32 bits per heavy atom. The molecule has 1 N–H and O–H groups in total. The van der Waals surface area contributed by atoms with Crippen molar-refractivity contribution in [2.24, 2.45) is 5.92 Å². The predicted octanol–water partition coefficient (Wildman–Crippen LogP) is 2.65. The van der Waals surface area contributed by atoms with E-state index >= 15 is 0 Å². The lowest BCUT2D eigenvalue weighted by Crippen LogP contribution is -2.40. The summed E-state index contributed by atoms with van der Waals surface area (Å²) in [4.78, 5) is 14.5. The largest absolute Gasteiger partial charge is 0.444 e. The fourth-order valence-corrected chi connectivity index (χ4v) is 3.00. The molecule has 2 heterocycles. The zero-order valence-electron chi connectivity index (χ0n) is 10.9. The van der Waals surface area contributed by atoms with Crippen LogP contribution in [0.4, 0.5) is 0 Å². The van der Waals surface area contributed by atoms with Gasteiger partial charge >= 0.3 is 0 Å². The van der Waals surface area contributed by atoms with Crippen LogP contribution in [0.25, 0.3) is 0 Å².